The molecule has 0 fully saturated rings. The second-order valence-electron chi connectivity index (χ2n) is 4.34. The Morgan fingerprint density at radius 2 is 2.00 bits per heavy atom. The number of hydrogen-bond acceptors (Lipinski definition) is 5. The second kappa shape index (κ2) is 4.02. The number of fused-ring (bicyclic) bond motifs is 1. The van der Waals surface area contributed by atoms with Crippen LogP contribution in [0.5, 0.6) is 0 Å². The zero-order chi connectivity index (χ0) is 14.4. The Balaban J connectivity index is 2.25. The van der Waals surface area contributed by atoms with E-state index in [4.69, 9.17) is 0 Å². The number of H-pyrrole nitrogens is 2. The van der Waals surface area contributed by atoms with Crippen molar-refractivity contribution < 1.29 is 4.79 Å². The van der Waals surface area contributed by atoms with Gasteiger partial charge in [-0.25, -0.2) is 19.1 Å². The van der Waals surface area contributed by atoms with Crippen LogP contribution >= 0.6 is 0 Å². The summed E-state index contributed by atoms with van der Waals surface area (Å²) in [6, 6.07) is 1.21. The summed E-state index contributed by atoms with van der Waals surface area (Å²) in [7, 11) is 0. The van der Waals surface area contributed by atoms with E-state index in [0.29, 0.717) is 11.4 Å². The van der Waals surface area contributed by atoms with Crippen molar-refractivity contribution in [2.24, 2.45) is 0 Å². The van der Waals surface area contributed by atoms with Gasteiger partial charge in [-0.3, -0.25) is 14.8 Å². The highest BCUT2D eigenvalue weighted by molar-refractivity contribution is 5.87. The lowest BCUT2D eigenvalue weighted by Crippen LogP contribution is -2.26. The first kappa shape index (κ1) is 12.1. The number of aromatic amines is 2. The fourth-order valence-electron chi connectivity index (χ4n) is 2.00. The smallest absolute Gasteiger partial charge is 0.291 e. The zero-order valence-corrected chi connectivity index (χ0v) is 10.7. The molecule has 0 saturated heterocycles. The van der Waals surface area contributed by atoms with Crippen LogP contribution in [0.25, 0.3) is 11.2 Å². The summed E-state index contributed by atoms with van der Waals surface area (Å²) in [6.07, 6.45) is 1.18. The fraction of sp³-hybridized carbons (Fsp3) is 0.182. The Labute approximate surface area is 110 Å². The number of nitrogens with zero attached hydrogens (tertiary/aromatic N) is 4. The summed E-state index contributed by atoms with van der Waals surface area (Å²) in [5.74, 6) is 0. The molecule has 0 saturated carbocycles. The molecule has 0 atom stereocenters. The van der Waals surface area contributed by atoms with Gasteiger partial charge in [-0.05, 0) is 19.9 Å². The number of imidazole rings is 1. The van der Waals surface area contributed by atoms with Gasteiger partial charge in [0.25, 0.3) is 5.56 Å². The van der Waals surface area contributed by atoms with Crippen LogP contribution in [0.4, 0.5) is 4.79 Å². The number of hydrogen-bond donors (Lipinski definition) is 2. The summed E-state index contributed by atoms with van der Waals surface area (Å²) in [5, 5.41) is 4.06. The monoisotopic (exact) mass is 274 g/mol. The van der Waals surface area contributed by atoms with Crippen molar-refractivity contribution in [2.75, 3.05) is 0 Å². The van der Waals surface area contributed by atoms with Gasteiger partial charge in [-0.2, -0.15) is 9.78 Å². The molecule has 0 unspecified atom stereocenters. The normalized spacial score (nSPS) is 11.1. The molecule has 0 aliphatic heterocycles. The minimum Gasteiger partial charge on any atom is -0.291 e. The molecule has 0 amide bonds. The third-order valence-electron chi connectivity index (χ3n) is 2.84. The Morgan fingerprint density at radius 1 is 1.25 bits per heavy atom. The maximum Gasteiger partial charge on any atom is 0.355 e. The SMILES string of the molecule is Cc1cc(C)n(C(=O)n2cnc3c(=O)[nH]c(=O)[nH]c32)n1. The van der Waals surface area contributed by atoms with Gasteiger partial charge < -0.3 is 0 Å². The maximum absolute atomic E-state index is 12.4. The third-order valence-corrected chi connectivity index (χ3v) is 2.84. The predicted molar refractivity (Wildman–Crippen MR) is 68.9 cm³/mol. The van der Waals surface area contributed by atoms with Crippen LogP contribution in [-0.4, -0.2) is 35.3 Å². The standard InChI is InChI=1S/C11H10N6O3/c1-5-3-6(2)17(15-5)11(20)16-4-12-7-8(16)13-10(19)14-9(7)18/h3-4H,1-2H3,(H2,13,14,18,19). The van der Waals surface area contributed by atoms with Crippen LogP contribution in [0, 0.1) is 13.8 Å². The lowest BCUT2D eigenvalue weighted by atomic mass is 10.4. The Kier molecular flexibility index (Phi) is 2.43. The van der Waals surface area contributed by atoms with Crippen molar-refractivity contribution >= 4 is 17.2 Å². The average molecular weight is 274 g/mol. The molecule has 9 heteroatoms. The van der Waals surface area contributed by atoms with Crippen molar-refractivity contribution in [1.29, 1.82) is 0 Å². The second-order valence-corrected chi connectivity index (χ2v) is 4.34. The molecular formula is C11H10N6O3. The molecule has 2 N–H and O–H groups in total. The van der Waals surface area contributed by atoms with Gasteiger partial charge in [0, 0.05) is 5.69 Å². The van der Waals surface area contributed by atoms with Gasteiger partial charge in [-0.15, -0.1) is 0 Å². The first-order valence-electron chi connectivity index (χ1n) is 5.75. The van der Waals surface area contributed by atoms with E-state index in [1.807, 2.05) is 4.98 Å². The van der Waals surface area contributed by atoms with Crippen LogP contribution in [-0.2, 0) is 0 Å². The highest BCUT2D eigenvalue weighted by atomic mass is 16.2. The van der Waals surface area contributed by atoms with Crippen molar-refractivity contribution in [1.82, 2.24) is 29.3 Å². The molecule has 20 heavy (non-hydrogen) atoms. The van der Waals surface area contributed by atoms with Gasteiger partial charge in [-0.1, -0.05) is 0 Å². The molecular weight excluding hydrogens is 264 g/mol. The van der Waals surface area contributed by atoms with E-state index in [-0.39, 0.29) is 11.2 Å². The van der Waals surface area contributed by atoms with Gasteiger partial charge >= 0.3 is 11.7 Å². The Hall–Kier alpha value is -2.97. The quantitative estimate of drug-likeness (QED) is 0.585. The molecule has 3 heterocycles. The molecule has 0 bridgehead atoms. The highest BCUT2D eigenvalue weighted by Crippen LogP contribution is 2.07. The van der Waals surface area contributed by atoms with Gasteiger partial charge in [0.2, 0.25) is 0 Å². The first-order chi connectivity index (χ1) is 9.47. The summed E-state index contributed by atoms with van der Waals surface area (Å²) in [6.45, 7) is 3.49. The number of carbonyl (C=O) groups excluding carboxylic acids is 1. The van der Waals surface area contributed by atoms with E-state index in [2.05, 4.69) is 15.1 Å². The van der Waals surface area contributed by atoms with Crippen LogP contribution in [0.3, 0.4) is 0 Å². The number of aryl methyl sites for hydroxylation is 2. The molecule has 0 aliphatic rings. The lowest BCUT2D eigenvalue weighted by Gasteiger charge is -2.03. The van der Waals surface area contributed by atoms with E-state index < -0.39 is 17.3 Å². The van der Waals surface area contributed by atoms with Gasteiger partial charge in [0.15, 0.2) is 11.2 Å². The lowest BCUT2D eigenvalue weighted by molar-refractivity contribution is 0.241. The van der Waals surface area contributed by atoms with Crippen LogP contribution < -0.4 is 11.2 Å². The van der Waals surface area contributed by atoms with E-state index in [0.717, 1.165) is 4.57 Å². The topological polar surface area (TPSA) is 118 Å². The molecule has 9 nitrogen and oxygen atoms in total. The van der Waals surface area contributed by atoms with Crippen LogP contribution in [0.1, 0.15) is 11.4 Å². The molecule has 3 aromatic heterocycles. The highest BCUT2D eigenvalue weighted by Gasteiger charge is 2.17. The van der Waals surface area contributed by atoms with E-state index in [1.165, 1.54) is 11.0 Å². The summed E-state index contributed by atoms with van der Waals surface area (Å²) in [4.78, 5) is 43.5. The molecule has 0 spiro atoms. The zero-order valence-electron chi connectivity index (χ0n) is 10.7. The van der Waals surface area contributed by atoms with Crippen molar-refractivity contribution in [2.45, 2.75) is 13.8 Å². The van der Waals surface area contributed by atoms with Crippen LogP contribution in [0.2, 0.25) is 0 Å². The minimum absolute atomic E-state index is 0.0144. The first-order valence-corrected chi connectivity index (χ1v) is 5.75. The Morgan fingerprint density at radius 3 is 2.65 bits per heavy atom. The number of nitrogens with one attached hydrogen (secondary N) is 2. The fourth-order valence-corrected chi connectivity index (χ4v) is 2.00. The number of aromatic nitrogens is 6. The summed E-state index contributed by atoms with van der Waals surface area (Å²) in [5.41, 5.74) is -0.00183. The van der Waals surface area contributed by atoms with E-state index >= 15 is 0 Å². The molecule has 102 valence electrons. The maximum atomic E-state index is 12.4. The number of rotatable bonds is 0. The molecule has 0 aliphatic carbocycles. The predicted octanol–water partition coefficient (Wildman–Crippen LogP) is -0.257. The summed E-state index contributed by atoms with van der Waals surface area (Å²) >= 11 is 0. The average Bonchev–Trinajstić information content (AvgIpc) is 2.92. The molecule has 3 rings (SSSR count). The molecule has 3 aromatic rings. The molecule has 0 aromatic carbocycles. The van der Waals surface area contributed by atoms with Gasteiger partial charge in [0.05, 0.1) is 5.69 Å². The van der Waals surface area contributed by atoms with Crippen molar-refractivity contribution in [3.05, 3.63) is 44.6 Å². The number of carbonyl (C=O) groups is 1. The van der Waals surface area contributed by atoms with E-state index in [1.54, 1.807) is 19.9 Å². The molecule has 0 radical (unpaired) electrons. The van der Waals surface area contributed by atoms with Gasteiger partial charge in [0.1, 0.15) is 6.33 Å². The summed E-state index contributed by atoms with van der Waals surface area (Å²) < 4.78 is 2.25. The van der Waals surface area contributed by atoms with Crippen molar-refractivity contribution in [3.8, 4) is 0 Å². The van der Waals surface area contributed by atoms with Crippen molar-refractivity contribution in [3.63, 3.8) is 0 Å². The van der Waals surface area contributed by atoms with E-state index in [9.17, 15) is 14.4 Å². The Bertz CT molecular complexity index is 941. The van der Waals surface area contributed by atoms with Crippen LogP contribution in [0.15, 0.2) is 22.0 Å². The minimum atomic E-state index is -0.703. The third kappa shape index (κ3) is 1.67. The largest absolute Gasteiger partial charge is 0.355 e.